The molecule has 2 aromatic carbocycles. The van der Waals surface area contributed by atoms with Gasteiger partial charge in [0.15, 0.2) is 5.76 Å². The largest absolute Gasteiger partial charge is 0.872 e. The molecule has 4 nitrogen and oxygen atoms in total. The van der Waals surface area contributed by atoms with E-state index in [4.69, 9.17) is 16.3 Å². The lowest BCUT2D eigenvalue weighted by Crippen LogP contribution is -3.12. The molecular weight excluding hydrogens is 381 g/mol. The van der Waals surface area contributed by atoms with Gasteiger partial charge in [0.05, 0.1) is 23.7 Å². The predicted octanol–water partition coefficient (Wildman–Crippen LogP) is 2.98. The summed E-state index contributed by atoms with van der Waals surface area (Å²) < 4.78 is 19.9. The minimum absolute atomic E-state index is 0.0177. The maximum Gasteiger partial charge on any atom is 0.231 e. The summed E-state index contributed by atoms with van der Waals surface area (Å²) in [7, 11) is 0. The average molecular weight is 402 g/mol. The second kappa shape index (κ2) is 7.57. The summed E-state index contributed by atoms with van der Waals surface area (Å²) in [6.07, 6.45) is 3.63. The summed E-state index contributed by atoms with van der Waals surface area (Å²) in [5.74, 6) is -0.140. The van der Waals surface area contributed by atoms with Crippen LogP contribution in [-0.2, 0) is 6.54 Å². The molecule has 2 aliphatic rings. The number of halogens is 2. The van der Waals surface area contributed by atoms with Crippen LogP contribution in [0, 0.1) is 11.7 Å². The van der Waals surface area contributed by atoms with Gasteiger partial charge in [-0.25, -0.2) is 4.39 Å². The van der Waals surface area contributed by atoms with E-state index >= 15 is 0 Å². The first kappa shape index (κ1) is 19.0. The van der Waals surface area contributed by atoms with Crippen LogP contribution in [0.1, 0.15) is 41.3 Å². The number of hydrogen-bond donors (Lipinski definition) is 1. The number of piperidine rings is 1. The Morgan fingerprint density at radius 3 is 2.93 bits per heavy atom. The monoisotopic (exact) mass is 401 g/mol. The van der Waals surface area contributed by atoms with E-state index in [0.29, 0.717) is 29.3 Å². The summed E-state index contributed by atoms with van der Waals surface area (Å²) in [6.45, 7) is 4.72. The van der Waals surface area contributed by atoms with Crippen LogP contribution in [-0.4, -0.2) is 18.9 Å². The minimum atomic E-state index is -0.538. The Kier molecular flexibility index (Phi) is 5.13. The third kappa shape index (κ3) is 3.52. The van der Waals surface area contributed by atoms with Gasteiger partial charge in [0.2, 0.25) is 5.78 Å². The van der Waals surface area contributed by atoms with Crippen molar-refractivity contribution in [1.29, 1.82) is 0 Å². The van der Waals surface area contributed by atoms with Gasteiger partial charge in [0.25, 0.3) is 0 Å². The van der Waals surface area contributed by atoms with E-state index in [9.17, 15) is 14.3 Å². The van der Waals surface area contributed by atoms with Crippen molar-refractivity contribution in [1.82, 2.24) is 0 Å². The molecule has 1 fully saturated rings. The van der Waals surface area contributed by atoms with Crippen molar-refractivity contribution >= 4 is 23.5 Å². The van der Waals surface area contributed by atoms with E-state index in [1.165, 1.54) is 41.7 Å². The predicted molar refractivity (Wildman–Crippen MR) is 103 cm³/mol. The van der Waals surface area contributed by atoms with E-state index in [2.05, 4.69) is 6.92 Å². The average Bonchev–Trinajstić information content (AvgIpc) is 2.97. The van der Waals surface area contributed by atoms with Crippen LogP contribution in [0.25, 0.3) is 6.08 Å². The number of carbonyl (C=O) groups is 1. The van der Waals surface area contributed by atoms with E-state index < -0.39 is 5.82 Å². The lowest BCUT2D eigenvalue weighted by molar-refractivity contribution is -0.922. The van der Waals surface area contributed by atoms with E-state index in [-0.39, 0.29) is 27.9 Å². The number of ketones is 1. The standard InChI is InChI=1S/C22H21ClFNO3/c1-13-4-3-9-25(11-13)12-16-19(26)8-7-14-21(27)20(28-22(14)16)10-15-17(23)5-2-6-18(15)24/h2,5-8,10,13,26H,3-4,9,11-12H2,1H3/b20-10-. The molecule has 0 saturated carbocycles. The maximum absolute atomic E-state index is 14.1. The van der Waals surface area contributed by atoms with Gasteiger partial charge in [0.1, 0.15) is 18.1 Å². The molecule has 1 N–H and O–H groups in total. The van der Waals surface area contributed by atoms with Crippen molar-refractivity contribution < 1.29 is 23.9 Å². The summed E-state index contributed by atoms with van der Waals surface area (Å²) in [5, 5.41) is 12.7. The fourth-order valence-electron chi connectivity index (χ4n) is 4.04. The number of rotatable bonds is 3. The normalized spacial score (nSPS) is 23.0. The zero-order valence-electron chi connectivity index (χ0n) is 15.6. The Bertz CT molecular complexity index is 952. The van der Waals surface area contributed by atoms with Gasteiger partial charge in [-0.2, -0.15) is 0 Å². The number of fused-ring (bicyclic) bond motifs is 1. The number of allylic oxidation sites excluding steroid dienone is 1. The maximum atomic E-state index is 14.1. The van der Waals surface area contributed by atoms with Crippen LogP contribution < -0.4 is 14.7 Å². The van der Waals surface area contributed by atoms with Crippen LogP contribution in [0.15, 0.2) is 36.1 Å². The van der Waals surface area contributed by atoms with Crippen molar-refractivity contribution in [2.75, 3.05) is 13.1 Å². The SMILES string of the molecule is CC1CCC[NH+](Cc2c([O-])ccc3c2O/C(=C\c2c(F)cccc2Cl)C3=O)C1. The molecule has 0 radical (unpaired) electrons. The molecule has 2 aliphatic heterocycles. The van der Waals surface area contributed by atoms with Crippen molar-refractivity contribution in [3.05, 3.63) is 63.6 Å². The number of likely N-dealkylation sites (tertiary alicyclic amines) is 1. The van der Waals surface area contributed by atoms with Crippen LogP contribution in [0.4, 0.5) is 4.39 Å². The molecule has 0 bridgehead atoms. The molecule has 146 valence electrons. The molecule has 2 atom stereocenters. The molecule has 0 amide bonds. The topological polar surface area (TPSA) is 53.8 Å². The summed E-state index contributed by atoms with van der Waals surface area (Å²) in [6, 6.07) is 7.22. The van der Waals surface area contributed by atoms with E-state index in [0.717, 1.165) is 19.5 Å². The zero-order chi connectivity index (χ0) is 19.8. The molecule has 0 aliphatic carbocycles. The molecule has 0 spiro atoms. The van der Waals surface area contributed by atoms with Crippen molar-refractivity contribution in [3.63, 3.8) is 0 Å². The van der Waals surface area contributed by atoms with Gasteiger partial charge in [-0.1, -0.05) is 36.4 Å². The number of ether oxygens (including phenoxy) is 1. The fraction of sp³-hybridized carbons (Fsp3) is 0.318. The quantitative estimate of drug-likeness (QED) is 0.804. The van der Waals surface area contributed by atoms with E-state index in [1.54, 1.807) is 6.07 Å². The van der Waals surface area contributed by atoms with Crippen LogP contribution in [0.2, 0.25) is 5.02 Å². The molecule has 28 heavy (non-hydrogen) atoms. The third-order valence-electron chi connectivity index (χ3n) is 5.46. The molecule has 2 aromatic rings. The highest BCUT2D eigenvalue weighted by molar-refractivity contribution is 6.32. The lowest BCUT2D eigenvalue weighted by Gasteiger charge is -2.29. The Labute approximate surface area is 168 Å². The van der Waals surface area contributed by atoms with Gasteiger partial charge in [-0.05, 0) is 37.1 Å². The van der Waals surface area contributed by atoms with Gasteiger partial charge in [0, 0.05) is 17.0 Å². The highest BCUT2D eigenvalue weighted by Gasteiger charge is 2.32. The second-order valence-electron chi connectivity index (χ2n) is 7.62. The number of benzene rings is 2. The second-order valence-corrected chi connectivity index (χ2v) is 8.03. The molecule has 4 rings (SSSR count). The zero-order valence-corrected chi connectivity index (χ0v) is 16.3. The highest BCUT2D eigenvalue weighted by atomic mass is 35.5. The van der Waals surface area contributed by atoms with E-state index in [1.807, 2.05) is 0 Å². The van der Waals surface area contributed by atoms with Gasteiger partial charge >= 0.3 is 0 Å². The summed E-state index contributed by atoms with van der Waals surface area (Å²) >= 11 is 6.06. The third-order valence-corrected chi connectivity index (χ3v) is 5.79. The van der Waals surface area contributed by atoms with Crippen LogP contribution >= 0.6 is 11.6 Å². The Morgan fingerprint density at radius 1 is 1.36 bits per heavy atom. The van der Waals surface area contributed by atoms with Gasteiger partial charge in [-0.3, -0.25) is 4.79 Å². The van der Waals surface area contributed by atoms with Gasteiger partial charge in [-0.15, -0.1) is 0 Å². The van der Waals surface area contributed by atoms with Gasteiger partial charge < -0.3 is 14.7 Å². The Balaban J connectivity index is 1.68. The Morgan fingerprint density at radius 2 is 2.18 bits per heavy atom. The first-order valence-corrected chi connectivity index (χ1v) is 9.86. The number of quaternary nitrogens is 1. The molecule has 2 unspecified atom stereocenters. The number of nitrogens with one attached hydrogen (secondary N) is 1. The molecule has 0 aromatic heterocycles. The Hall–Kier alpha value is -2.37. The summed E-state index contributed by atoms with van der Waals surface area (Å²) in [4.78, 5) is 14.1. The van der Waals surface area contributed by atoms with Crippen LogP contribution in [0.3, 0.4) is 0 Å². The molecular formula is C22H21ClFNO3. The highest BCUT2D eigenvalue weighted by Crippen LogP contribution is 2.39. The number of carbonyl (C=O) groups excluding carboxylic acids is 1. The lowest BCUT2D eigenvalue weighted by atomic mass is 9.99. The van der Waals surface area contributed by atoms with Crippen molar-refractivity contribution in [2.45, 2.75) is 26.3 Å². The molecule has 2 heterocycles. The fourth-order valence-corrected chi connectivity index (χ4v) is 4.26. The first-order chi connectivity index (χ1) is 13.4. The summed E-state index contributed by atoms with van der Waals surface area (Å²) in [5.41, 5.74) is 0.954. The van der Waals surface area contributed by atoms with Crippen molar-refractivity contribution in [2.24, 2.45) is 5.92 Å². The molecule has 6 heteroatoms. The smallest absolute Gasteiger partial charge is 0.231 e. The molecule has 1 saturated heterocycles. The number of hydrogen-bond acceptors (Lipinski definition) is 3. The van der Waals surface area contributed by atoms with Crippen LogP contribution in [0.5, 0.6) is 11.5 Å². The first-order valence-electron chi connectivity index (χ1n) is 9.48. The van der Waals surface area contributed by atoms with Crippen molar-refractivity contribution in [3.8, 4) is 11.5 Å². The minimum Gasteiger partial charge on any atom is -0.872 e. The number of Topliss-reactive ketones (excluding diaryl/α,β-unsaturated/α-hetero) is 1.